The minimum absolute atomic E-state index is 0. The first kappa shape index (κ1) is 12.6. The Labute approximate surface area is 83.4 Å². The van der Waals surface area contributed by atoms with Gasteiger partial charge < -0.3 is 5.32 Å². The van der Waals surface area contributed by atoms with Crippen molar-refractivity contribution in [3.63, 3.8) is 0 Å². The smallest absolute Gasteiger partial charge is 0.253 e. The van der Waals surface area contributed by atoms with Crippen molar-refractivity contribution >= 4 is 5.91 Å². The zero-order valence-electron chi connectivity index (χ0n) is 8.40. The van der Waals surface area contributed by atoms with Gasteiger partial charge in [-0.15, -0.1) is 0 Å². The number of rotatable bonds is 1. The Kier molecular flexibility index (Phi) is 5.44. The number of hydrogen-bond acceptors (Lipinski definition) is 1. The molecule has 0 saturated heterocycles. The molecule has 2 nitrogen and oxygen atoms in total. The van der Waals surface area contributed by atoms with Gasteiger partial charge in [0, 0.05) is 14.5 Å². The minimum atomic E-state index is -0.852. The molecule has 0 fully saturated rings. The van der Waals surface area contributed by atoms with Crippen LogP contribution >= 0.6 is 0 Å². The molecule has 14 heavy (non-hydrogen) atoms. The molecule has 0 radical (unpaired) electrons. The van der Waals surface area contributed by atoms with Gasteiger partial charge >= 0.3 is 0 Å². The minimum Gasteiger partial charge on any atom is -0.355 e. The number of benzene rings is 1. The molecular formula is C10H15F2NO. The first-order valence-corrected chi connectivity index (χ1v) is 4.32. The summed E-state index contributed by atoms with van der Waals surface area (Å²) in [5.41, 5.74) is -0.154. The van der Waals surface area contributed by atoms with Crippen molar-refractivity contribution in [2.75, 3.05) is 7.05 Å². The average molecular weight is 203 g/mol. The predicted octanol–water partition coefficient (Wildman–Crippen LogP) is 2.60. The maximum absolute atomic E-state index is 12.8. The normalized spacial score (nSPS) is 8.64. The van der Waals surface area contributed by atoms with Gasteiger partial charge in [-0.05, 0) is 12.1 Å². The van der Waals surface area contributed by atoms with Gasteiger partial charge in [-0.2, -0.15) is 0 Å². The maximum atomic E-state index is 12.8. The molecule has 1 rings (SSSR count). The van der Waals surface area contributed by atoms with Gasteiger partial charge in [0.05, 0.1) is 5.56 Å². The van der Waals surface area contributed by atoms with E-state index in [1.807, 2.05) is 13.8 Å². The maximum Gasteiger partial charge on any atom is 0.253 e. The van der Waals surface area contributed by atoms with Crippen LogP contribution in [-0.4, -0.2) is 13.0 Å². The molecule has 1 amide bonds. The Morgan fingerprint density at radius 2 is 1.93 bits per heavy atom. The predicted molar refractivity (Wildman–Crippen MR) is 53.2 cm³/mol. The number of hydrogen-bond donors (Lipinski definition) is 1. The lowest BCUT2D eigenvalue weighted by Gasteiger charge is -2.00. The summed E-state index contributed by atoms with van der Waals surface area (Å²) in [6, 6.07) is 2.81. The van der Waals surface area contributed by atoms with Crippen LogP contribution in [0.5, 0.6) is 0 Å². The number of amides is 1. The lowest BCUT2D eigenvalue weighted by Crippen LogP contribution is -2.19. The summed E-state index contributed by atoms with van der Waals surface area (Å²) in [4.78, 5) is 10.9. The molecule has 0 atom stereocenters. The monoisotopic (exact) mass is 203 g/mol. The van der Waals surface area contributed by atoms with Gasteiger partial charge in [0.25, 0.3) is 5.91 Å². The molecule has 1 aromatic carbocycles. The number of halogens is 2. The summed E-state index contributed by atoms with van der Waals surface area (Å²) in [5.74, 6) is -2.11. The highest BCUT2D eigenvalue weighted by atomic mass is 19.1. The van der Waals surface area contributed by atoms with Crippen LogP contribution < -0.4 is 5.32 Å². The van der Waals surface area contributed by atoms with E-state index in [1.54, 1.807) is 0 Å². The van der Waals surface area contributed by atoms with Crippen LogP contribution in [0.1, 0.15) is 25.6 Å². The Hall–Kier alpha value is -1.45. The van der Waals surface area contributed by atoms with Crippen molar-refractivity contribution < 1.29 is 15.0 Å². The molecule has 0 spiro atoms. The first-order valence-electron chi connectivity index (χ1n) is 4.32. The fourth-order valence-electron chi connectivity index (χ4n) is 0.808. The summed E-state index contributed by atoms with van der Waals surface area (Å²) in [6.45, 7) is 4.00. The summed E-state index contributed by atoms with van der Waals surface area (Å²) in [6.07, 6.45) is 0. The van der Waals surface area contributed by atoms with Gasteiger partial charge in [0.1, 0.15) is 11.6 Å². The lowest BCUT2D eigenvalue weighted by molar-refractivity contribution is 0.0959. The van der Waals surface area contributed by atoms with E-state index in [0.717, 1.165) is 12.1 Å². The van der Waals surface area contributed by atoms with E-state index >= 15 is 0 Å². The molecule has 0 aliphatic rings. The number of carbonyl (C=O) groups excluding carboxylic acids is 1. The second-order valence-corrected chi connectivity index (χ2v) is 2.20. The van der Waals surface area contributed by atoms with Gasteiger partial charge in [-0.1, -0.05) is 13.8 Å². The fourth-order valence-corrected chi connectivity index (χ4v) is 0.808. The van der Waals surface area contributed by atoms with E-state index in [2.05, 4.69) is 5.32 Å². The van der Waals surface area contributed by atoms with E-state index < -0.39 is 17.5 Å². The van der Waals surface area contributed by atoms with Crippen LogP contribution in [0.4, 0.5) is 8.78 Å². The standard InChI is InChI=1S/C8H7F2NO.C2H6.H2/c1-11-8(12)6-3-2-5(9)4-7(6)10;1-2;/h2-4H,1H3,(H,11,12);1-2H3;1H. The molecule has 80 valence electrons. The molecule has 1 N–H and O–H groups in total. The molecular weight excluding hydrogens is 188 g/mol. The van der Waals surface area contributed by atoms with E-state index in [-0.39, 0.29) is 6.99 Å². The SMILES string of the molecule is CC.CNC(=O)c1ccc(F)cc1F.[HH]. The van der Waals surface area contributed by atoms with Crippen molar-refractivity contribution in [2.45, 2.75) is 13.8 Å². The average Bonchev–Trinajstić information content (AvgIpc) is 2.20. The van der Waals surface area contributed by atoms with Gasteiger partial charge in [0.15, 0.2) is 0 Å². The van der Waals surface area contributed by atoms with Crippen LogP contribution in [0.15, 0.2) is 18.2 Å². The quantitative estimate of drug-likeness (QED) is 0.746. The molecule has 4 heteroatoms. The highest BCUT2D eigenvalue weighted by Crippen LogP contribution is 2.08. The van der Waals surface area contributed by atoms with E-state index in [4.69, 9.17) is 0 Å². The molecule has 0 bridgehead atoms. The van der Waals surface area contributed by atoms with Gasteiger partial charge in [0.2, 0.25) is 0 Å². The van der Waals surface area contributed by atoms with Crippen molar-refractivity contribution in [1.29, 1.82) is 0 Å². The van der Waals surface area contributed by atoms with Crippen LogP contribution in [0, 0.1) is 11.6 Å². The topological polar surface area (TPSA) is 29.1 Å². The Morgan fingerprint density at radius 3 is 2.36 bits per heavy atom. The third-order valence-electron chi connectivity index (χ3n) is 1.40. The lowest BCUT2D eigenvalue weighted by atomic mass is 10.2. The molecule has 0 aliphatic heterocycles. The summed E-state index contributed by atoms with van der Waals surface area (Å²) in [7, 11) is 1.38. The highest BCUT2D eigenvalue weighted by molar-refractivity contribution is 5.94. The van der Waals surface area contributed by atoms with Gasteiger partial charge in [-0.25, -0.2) is 8.78 Å². The highest BCUT2D eigenvalue weighted by Gasteiger charge is 2.09. The second kappa shape index (κ2) is 6.07. The molecule has 0 saturated carbocycles. The Bertz CT molecular complexity index is 318. The van der Waals surface area contributed by atoms with E-state index in [9.17, 15) is 13.6 Å². The molecule has 1 aromatic rings. The Morgan fingerprint density at radius 1 is 1.36 bits per heavy atom. The van der Waals surface area contributed by atoms with Crippen LogP contribution in [0.2, 0.25) is 0 Å². The fraction of sp³-hybridized carbons (Fsp3) is 0.300. The van der Waals surface area contributed by atoms with Crippen molar-refractivity contribution in [1.82, 2.24) is 5.32 Å². The molecule has 0 aliphatic carbocycles. The summed E-state index contributed by atoms with van der Waals surface area (Å²) < 4.78 is 25.1. The van der Waals surface area contributed by atoms with Crippen LogP contribution in [0.25, 0.3) is 0 Å². The Balaban J connectivity index is 0. The second-order valence-electron chi connectivity index (χ2n) is 2.20. The third kappa shape index (κ3) is 3.12. The van der Waals surface area contributed by atoms with Crippen molar-refractivity contribution in [3.8, 4) is 0 Å². The van der Waals surface area contributed by atoms with Crippen LogP contribution in [-0.2, 0) is 0 Å². The zero-order valence-corrected chi connectivity index (χ0v) is 8.40. The van der Waals surface area contributed by atoms with Crippen LogP contribution in [0.3, 0.4) is 0 Å². The zero-order chi connectivity index (χ0) is 11.1. The summed E-state index contributed by atoms with van der Waals surface area (Å²) in [5, 5.41) is 2.24. The summed E-state index contributed by atoms with van der Waals surface area (Å²) >= 11 is 0. The third-order valence-corrected chi connectivity index (χ3v) is 1.40. The number of nitrogens with one attached hydrogen (secondary N) is 1. The van der Waals surface area contributed by atoms with Crippen molar-refractivity contribution in [2.24, 2.45) is 0 Å². The van der Waals surface area contributed by atoms with Crippen molar-refractivity contribution in [3.05, 3.63) is 35.4 Å². The van der Waals surface area contributed by atoms with Gasteiger partial charge in [-0.3, -0.25) is 4.79 Å². The van der Waals surface area contributed by atoms with E-state index in [0.29, 0.717) is 6.07 Å². The first-order chi connectivity index (χ1) is 6.65. The molecule has 0 aromatic heterocycles. The van der Waals surface area contributed by atoms with E-state index in [1.165, 1.54) is 7.05 Å². The largest absolute Gasteiger partial charge is 0.355 e. The number of carbonyl (C=O) groups is 1. The molecule has 0 unspecified atom stereocenters. The molecule has 0 heterocycles.